The van der Waals surface area contributed by atoms with Gasteiger partial charge < -0.3 is 9.09 Å². The maximum Gasteiger partial charge on any atom is 0.231 e. The van der Waals surface area contributed by atoms with Gasteiger partial charge in [-0.25, -0.2) is 19.3 Å². The fraction of sp³-hybridized carbons (Fsp3) is 0.292. The van der Waals surface area contributed by atoms with Crippen LogP contribution in [0, 0.1) is 5.82 Å². The third-order valence-electron chi connectivity index (χ3n) is 5.93. The molecule has 3 heterocycles. The molecule has 1 aromatic carbocycles. The predicted molar refractivity (Wildman–Crippen MR) is 119 cm³/mol. The molecule has 168 valence electrons. The Morgan fingerprint density at radius 1 is 1.18 bits per heavy atom. The van der Waals surface area contributed by atoms with E-state index in [0.29, 0.717) is 23.4 Å². The van der Waals surface area contributed by atoms with Gasteiger partial charge in [0.15, 0.2) is 0 Å². The largest absolute Gasteiger partial charge is 0.340 e. The summed E-state index contributed by atoms with van der Waals surface area (Å²) in [5.41, 5.74) is 3.38. The zero-order chi connectivity index (χ0) is 23.0. The van der Waals surface area contributed by atoms with Crippen LogP contribution in [0.15, 0.2) is 53.7 Å². The maximum atomic E-state index is 14.7. The Balaban J connectivity index is 1.22. The number of nitrogens with zero attached hydrogens (tertiary/aromatic N) is 5. The molecule has 1 saturated carbocycles. The number of hydrogen-bond acceptors (Lipinski definition) is 6. The van der Waals surface area contributed by atoms with E-state index in [9.17, 15) is 9.18 Å². The van der Waals surface area contributed by atoms with E-state index in [1.54, 1.807) is 36.9 Å². The van der Waals surface area contributed by atoms with E-state index in [-0.39, 0.29) is 29.2 Å². The molecule has 0 spiro atoms. The van der Waals surface area contributed by atoms with Crippen LogP contribution < -0.4 is 5.32 Å². The summed E-state index contributed by atoms with van der Waals surface area (Å²) in [4.78, 5) is 25.4. The second-order valence-corrected chi connectivity index (χ2v) is 8.76. The Bertz CT molecular complexity index is 1310. The first kappa shape index (κ1) is 21.0. The standard InChI is InChI=1S/C24H23FN6O2/c1-24(5-6-24)20-10-23(33-30-20)29-22(32)8-16-4-3-15(7-19(16)25)17-11-26-21(27-12-17)9-18-13-31(2)14-28-18/h3-4,7,10-14H,5-6,8-9H2,1-2H3,(H,29,32). The van der Waals surface area contributed by atoms with Crippen molar-refractivity contribution in [3.05, 3.63) is 77.8 Å². The summed E-state index contributed by atoms with van der Waals surface area (Å²) >= 11 is 0. The van der Waals surface area contributed by atoms with Crippen molar-refractivity contribution in [2.75, 3.05) is 5.32 Å². The van der Waals surface area contributed by atoms with Gasteiger partial charge in [0, 0.05) is 42.7 Å². The molecule has 33 heavy (non-hydrogen) atoms. The lowest BCUT2D eigenvalue weighted by Gasteiger charge is -2.07. The van der Waals surface area contributed by atoms with Crippen molar-refractivity contribution in [1.29, 1.82) is 0 Å². The number of aromatic nitrogens is 5. The lowest BCUT2D eigenvalue weighted by Crippen LogP contribution is -2.14. The molecule has 4 aromatic rings. The van der Waals surface area contributed by atoms with Gasteiger partial charge in [-0.2, -0.15) is 0 Å². The van der Waals surface area contributed by atoms with Gasteiger partial charge in [0.05, 0.1) is 30.6 Å². The molecule has 1 aliphatic rings. The third-order valence-corrected chi connectivity index (χ3v) is 5.93. The minimum Gasteiger partial charge on any atom is -0.340 e. The number of amides is 1. The Labute approximate surface area is 189 Å². The van der Waals surface area contributed by atoms with Crippen LogP contribution in [0.3, 0.4) is 0 Å². The second-order valence-electron chi connectivity index (χ2n) is 8.76. The normalized spacial score (nSPS) is 14.3. The summed E-state index contributed by atoms with van der Waals surface area (Å²) in [5, 5.41) is 6.67. The number of halogens is 1. The second kappa shape index (κ2) is 8.23. The van der Waals surface area contributed by atoms with Crippen LogP contribution in [-0.2, 0) is 30.1 Å². The summed E-state index contributed by atoms with van der Waals surface area (Å²) in [7, 11) is 1.90. The molecule has 5 rings (SSSR count). The topological polar surface area (TPSA) is 98.7 Å². The Morgan fingerprint density at radius 2 is 1.97 bits per heavy atom. The van der Waals surface area contributed by atoms with Crippen LogP contribution in [0.5, 0.6) is 0 Å². The average molecular weight is 446 g/mol. The minimum atomic E-state index is -0.469. The molecule has 1 amide bonds. The van der Waals surface area contributed by atoms with Crippen molar-refractivity contribution in [1.82, 2.24) is 24.7 Å². The number of anilines is 1. The summed E-state index contributed by atoms with van der Waals surface area (Å²) < 4.78 is 21.8. The third kappa shape index (κ3) is 4.67. The SMILES string of the molecule is Cn1cnc(Cc2ncc(-c3ccc(CC(=O)Nc4cc(C5(C)CC5)no4)c(F)c3)cn2)c1. The summed E-state index contributed by atoms with van der Waals surface area (Å²) in [5.74, 6) is 0.0806. The van der Waals surface area contributed by atoms with Crippen molar-refractivity contribution in [3.8, 4) is 11.1 Å². The molecule has 9 heteroatoms. The highest BCUT2D eigenvalue weighted by atomic mass is 19.1. The molecule has 0 saturated heterocycles. The number of aryl methyl sites for hydroxylation is 1. The molecule has 1 aliphatic carbocycles. The zero-order valence-electron chi connectivity index (χ0n) is 18.4. The number of carbonyl (C=O) groups excluding carboxylic acids is 1. The predicted octanol–water partition coefficient (Wildman–Crippen LogP) is 3.83. The van der Waals surface area contributed by atoms with Crippen LogP contribution >= 0.6 is 0 Å². The van der Waals surface area contributed by atoms with Gasteiger partial charge in [0.1, 0.15) is 11.6 Å². The first-order valence-electron chi connectivity index (χ1n) is 10.7. The lowest BCUT2D eigenvalue weighted by atomic mass is 10.0. The van der Waals surface area contributed by atoms with E-state index < -0.39 is 5.82 Å². The van der Waals surface area contributed by atoms with Crippen LogP contribution in [-0.4, -0.2) is 30.6 Å². The van der Waals surface area contributed by atoms with Crippen molar-refractivity contribution in [2.24, 2.45) is 7.05 Å². The monoisotopic (exact) mass is 446 g/mol. The molecule has 1 fully saturated rings. The first-order chi connectivity index (χ1) is 15.9. The van der Waals surface area contributed by atoms with E-state index in [2.05, 4.69) is 32.3 Å². The molecular weight excluding hydrogens is 423 g/mol. The lowest BCUT2D eigenvalue weighted by molar-refractivity contribution is -0.115. The van der Waals surface area contributed by atoms with Gasteiger partial charge in [-0.1, -0.05) is 24.2 Å². The van der Waals surface area contributed by atoms with Gasteiger partial charge in [0.2, 0.25) is 11.8 Å². The van der Waals surface area contributed by atoms with Gasteiger partial charge >= 0.3 is 0 Å². The Hall–Kier alpha value is -3.88. The first-order valence-corrected chi connectivity index (χ1v) is 10.7. The number of rotatable bonds is 7. The molecule has 1 N–H and O–H groups in total. The molecule has 3 aromatic heterocycles. The quantitative estimate of drug-likeness (QED) is 0.463. The number of benzene rings is 1. The minimum absolute atomic E-state index is 0.0504. The van der Waals surface area contributed by atoms with E-state index in [4.69, 9.17) is 4.52 Å². The zero-order valence-corrected chi connectivity index (χ0v) is 18.4. The molecule has 8 nitrogen and oxygen atoms in total. The van der Waals surface area contributed by atoms with Crippen LogP contribution in [0.4, 0.5) is 10.3 Å². The average Bonchev–Trinajstić information content (AvgIpc) is 3.16. The Morgan fingerprint density at radius 3 is 2.64 bits per heavy atom. The van der Waals surface area contributed by atoms with E-state index >= 15 is 0 Å². The molecule has 0 bridgehead atoms. The highest BCUT2D eigenvalue weighted by Gasteiger charge is 2.42. The smallest absolute Gasteiger partial charge is 0.231 e. The summed E-state index contributed by atoms with van der Waals surface area (Å²) in [6.45, 7) is 2.10. The van der Waals surface area contributed by atoms with E-state index in [0.717, 1.165) is 24.2 Å². The van der Waals surface area contributed by atoms with Crippen LogP contribution in [0.1, 0.15) is 42.5 Å². The van der Waals surface area contributed by atoms with Gasteiger partial charge in [-0.05, 0) is 30.0 Å². The molecular formula is C24H23FN6O2. The summed E-state index contributed by atoms with van der Waals surface area (Å²) in [6.07, 6.45) is 9.49. The van der Waals surface area contributed by atoms with Crippen LogP contribution in [0.25, 0.3) is 11.1 Å². The molecule has 0 radical (unpaired) electrons. The fourth-order valence-electron chi connectivity index (χ4n) is 3.60. The van der Waals surface area contributed by atoms with E-state index in [1.807, 2.05) is 17.8 Å². The highest BCUT2D eigenvalue weighted by Crippen LogP contribution is 2.47. The van der Waals surface area contributed by atoms with Crippen molar-refractivity contribution < 1.29 is 13.7 Å². The van der Waals surface area contributed by atoms with Gasteiger partial charge in [0.25, 0.3) is 0 Å². The van der Waals surface area contributed by atoms with Crippen molar-refractivity contribution >= 4 is 11.8 Å². The molecule has 0 unspecified atom stereocenters. The number of hydrogen-bond donors (Lipinski definition) is 1. The fourth-order valence-corrected chi connectivity index (χ4v) is 3.60. The Kier molecular flexibility index (Phi) is 5.24. The number of nitrogens with one attached hydrogen (secondary N) is 1. The van der Waals surface area contributed by atoms with Crippen molar-refractivity contribution in [3.63, 3.8) is 0 Å². The van der Waals surface area contributed by atoms with Gasteiger partial charge in [-0.3, -0.25) is 10.1 Å². The highest BCUT2D eigenvalue weighted by molar-refractivity contribution is 5.91. The maximum absolute atomic E-state index is 14.7. The summed E-state index contributed by atoms with van der Waals surface area (Å²) in [6, 6.07) is 6.48. The molecule has 0 aliphatic heterocycles. The van der Waals surface area contributed by atoms with E-state index in [1.165, 1.54) is 6.07 Å². The number of imidazole rings is 1. The number of carbonyl (C=O) groups is 1. The van der Waals surface area contributed by atoms with Crippen LogP contribution in [0.2, 0.25) is 0 Å². The molecule has 0 atom stereocenters. The van der Waals surface area contributed by atoms with Gasteiger partial charge in [-0.15, -0.1) is 0 Å². The van der Waals surface area contributed by atoms with Crippen molar-refractivity contribution in [2.45, 2.75) is 38.0 Å².